The molecule has 2 rings (SSSR count). The van der Waals surface area contributed by atoms with Crippen molar-refractivity contribution in [2.75, 3.05) is 25.0 Å². The minimum absolute atomic E-state index is 0.624. The molecule has 1 unspecified atom stereocenters. The molecule has 1 aliphatic heterocycles. The van der Waals surface area contributed by atoms with Crippen molar-refractivity contribution in [2.24, 2.45) is 0 Å². The van der Waals surface area contributed by atoms with Crippen molar-refractivity contribution in [3.8, 4) is 0 Å². The van der Waals surface area contributed by atoms with E-state index in [1.54, 1.807) is 0 Å². The van der Waals surface area contributed by atoms with Gasteiger partial charge >= 0.3 is 0 Å². The Morgan fingerprint density at radius 3 is 2.88 bits per heavy atom. The zero-order valence-corrected chi connectivity index (χ0v) is 11.1. The van der Waals surface area contributed by atoms with Gasteiger partial charge in [0, 0.05) is 24.8 Å². The van der Waals surface area contributed by atoms with E-state index in [1.807, 2.05) is 7.05 Å². The fourth-order valence-electron chi connectivity index (χ4n) is 2.81. The zero-order chi connectivity index (χ0) is 12.1. The highest BCUT2D eigenvalue weighted by atomic mass is 15.2. The molecule has 0 radical (unpaired) electrons. The maximum Gasteiger partial charge on any atom is 0.0411 e. The van der Waals surface area contributed by atoms with Gasteiger partial charge in [-0.25, -0.2) is 0 Å². The average molecular weight is 232 g/mol. The molecular formula is C15H24N2. The molecule has 0 spiro atoms. The summed E-state index contributed by atoms with van der Waals surface area (Å²) in [4.78, 5) is 2.61. The van der Waals surface area contributed by atoms with Gasteiger partial charge in [-0.3, -0.25) is 0 Å². The first kappa shape index (κ1) is 12.4. The van der Waals surface area contributed by atoms with Crippen molar-refractivity contribution in [3.05, 3.63) is 29.8 Å². The number of likely N-dealkylation sites (N-methyl/N-ethyl adjacent to an activating group) is 1. The lowest BCUT2D eigenvalue weighted by Gasteiger charge is -2.33. The van der Waals surface area contributed by atoms with Crippen molar-refractivity contribution >= 4 is 5.69 Å². The summed E-state index contributed by atoms with van der Waals surface area (Å²) in [6.07, 6.45) is 5.08. The van der Waals surface area contributed by atoms with Gasteiger partial charge in [0.1, 0.15) is 0 Å². The second-order valence-corrected chi connectivity index (χ2v) is 4.90. The molecule has 1 heterocycles. The van der Waals surface area contributed by atoms with Gasteiger partial charge in [0.25, 0.3) is 0 Å². The first-order valence-corrected chi connectivity index (χ1v) is 6.86. The average Bonchev–Trinajstić information content (AvgIpc) is 2.58. The largest absolute Gasteiger partial charge is 0.367 e. The van der Waals surface area contributed by atoms with Crippen LogP contribution >= 0.6 is 0 Å². The molecule has 1 aliphatic rings. The third-order valence-electron chi connectivity index (χ3n) is 3.75. The van der Waals surface area contributed by atoms with E-state index in [-0.39, 0.29) is 0 Å². The maximum atomic E-state index is 3.33. The first-order valence-electron chi connectivity index (χ1n) is 6.86. The van der Waals surface area contributed by atoms with Crippen molar-refractivity contribution in [3.63, 3.8) is 0 Å². The van der Waals surface area contributed by atoms with Crippen LogP contribution in [0, 0.1) is 0 Å². The fraction of sp³-hybridized carbons (Fsp3) is 0.600. The summed E-state index contributed by atoms with van der Waals surface area (Å²) in [6, 6.07) is 9.54. The van der Waals surface area contributed by atoms with Gasteiger partial charge in [0.15, 0.2) is 0 Å². The molecule has 17 heavy (non-hydrogen) atoms. The predicted octanol–water partition coefficient (Wildman–Crippen LogP) is 2.83. The summed E-state index contributed by atoms with van der Waals surface area (Å²) in [7, 11) is 2.05. The molecule has 1 N–H and O–H groups in total. The SMILES string of the molecule is CCC(CNC)N1CCCCc2ccccc21. The smallest absolute Gasteiger partial charge is 0.0411 e. The monoisotopic (exact) mass is 232 g/mol. The molecule has 94 valence electrons. The van der Waals surface area contributed by atoms with Gasteiger partial charge in [-0.05, 0) is 44.4 Å². The van der Waals surface area contributed by atoms with Gasteiger partial charge < -0.3 is 10.2 Å². The molecule has 0 amide bonds. The van der Waals surface area contributed by atoms with E-state index < -0.39 is 0 Å². The van der Waals surface area contributed by atoms with Crippen LogP contribution in [0.4, 0.5) is 5.69 Å². The third-order valence-corrected chi connectivity index (χ3v) is 3.75. The predicted molar refractivity (Wildman–Crippen MR) is 74.7 cm³/mol. The van der Waals surface area contributed by atoms with Crippen molar-refractivity contribution in [1.29, 1.82) is 0 Å². The van der Waals surface area contributed by atoms with Crippen LogP contribution in [0.15, 0.2) is 24.3 Å². The highest BCUT2D eigenvalue weighted by molar-refractivity contribution is 5.55. The van der Waals surface area contributed by atoms with E-state index in [0.717, 1.165) is 6.54 Å². The number of fused-ring (bicyclic) bond motifs is 1. The zero-order valence-electron chi connectivity index (χ0n) is 11.1. The quantitative estimate of drug-likeness (QED) is 0.858. The summed E-state index contributed by atoms with van der Waals surface area (Å²) in [6.45, 7) is 4.57. The molecule has 0 aliphatic carbocycles. The normalized spacial score (nSPS) is 17.4. The summed E-state index contributed by atoms with van der Waals surface area (Å²) in [5.74, 6) is 0. The summed E-state index contributed by atoms with van der Waals surface area (Å²) < 4.78 is 0. The number of aryl methyl sites for hydroxylation is 1. The molecule has 1 aromatic rings. The van der Waals surface area contributed by atoms with Crippen LogP contribution in [0.5, 0.6) is 0 Å². The minimum Gasteiger partial charge on any atom is -0.367 e. The number of nitrogens with one attached hydrogen (secondary N) is 1. The number of anilines is 1. The highest BCUT2D eigenvalue weighted by Crippen LogP contribution is 2.28. The molecule has 0 saturated carbocycles. The van der Waals surface area contributed by atoms with Crippen LogP contribution in [0.1, 0.15) is 31.7 Å². The van der Waals surface area contributed by atoms with Crippen molar-refractivity contribution in [2.45, 2.75) is 38.6 Å². The summed E-state index contributed by atoms with van der Waals surface area (Å²) in [5.41, 5.74) is 2.99. The lowest BCUT2D eigenvalue weighted by Crippen LogP contribution is -2.41. The van der Waals surface area contributed by atoms with Crippen LogP contribution < -0.4 is 10.2 Å². The number of hydrogen-bond donors (Lipinski definition) is 1. The summed E-state index contributed by atoms with van der Waals surface area (Å²) in [5, 5.41) is 3.33. The lowest BCUT2D eigenvalue weighted by atomic mass is 10.1. The van der Waals surface area contributed by atoms with E-state index in [0.29, 0.717) is 6.04 Å². The highest BCUT2D eigenvalue weighted by Gasteiger charge is 2.20. The Morgan fingerprint density at radius 1 is 1.29 bits per heavy atom. The van der Waals surface area contributed by atoms with Crippen LogP contribution in [-0.4, -0.2) is 26.2 Å². The van der Waals surface area contributed by atoms with E-state index in [9.17, 15) is 0 Å². The Morgan fingerprint density at radius 2 is 2.12 bits per heavy atom. The van der Waals surface area contributed by atoms with Gasteiger partial charge in [0.05, 0.1) is 0 Å². The number of hydrogen-bond acceptors (Lipinski definition) is 2. The Hall–Kier alpha value is -1.02. The lowest BCUT2D eigenvalue weighted by molar-refractivity contribution is 0.537. The Labute approximate surface area is 105 Å². The van der Waals surface area contributed by atoms with E-state index in [1.165, 1.54) is 43.5 Å². The molecule has 1 atom stereocenters. The number of benzene rings is 1. The number of nitrogens with zero attached hydrogens (tertiary/aromatic N) is 1. The van der Waals surface area contributed by atoms with Crippen LogP contribution in [-0.2, 0) is 6.42 Å². The minimum atomic E-state index is 0.624. The molecule has 0 aromatic heterocycles. The third kappa shape index (κ3) is 2.81. The molecular weight excluding hydrogens is 208 g/mol. The molecule has 0 saturated heterocycles. The van der Waals surface area contributed by atoms with Crippen molar-refractivity contribution < 1.29 is 0 Å². The number of rotatable bonds is 4. The Balaban J connectivity index is 2.26. The topological polar surface area (TPSA) is 15.3 Å². The van der Waals surface area contributed by atoms with Crippen LogP contribution in [0.2, 0.25) is 0 Å². The fourth-order valence-corrected chi connectivity index (χ4v) is 2.81. The van der Waals surface area contributed by atoms with E-state index in [2.05, 4.69) is 41.4 Å². The first-order chi connectivity index (χ1) is 8.36. The number of para-hydroxylation sites is 1. The molecule has 2 heteroatoms. The van der Waals surface area contributed by atoms with Gasteiger partial charge in [-0.1, -0.05) is 25.1 Å². The van der Waals surface area contributed by atoms with Crippen LogP contribution in [0.3, 0.4) is 0 Å². The second-order valence-electron chi connectivity index (χ2n) is 4.90. The maximum absolute atomic E-state index is 3.33. The van der Waals surface area contributed by atoms with Gasteiger partial charge in [0.2, 0.25) is 0 Å². The molecule has 1 aromatic carbocycles. The second kappa shape index (κ2) is 6.06. The van der Waals surface area contributed by atoms with E-state index >= 15 is 0 Å². The van der Waals surface area contributed by atoms with Gasteiger partial charge in [-0.2, -0.15) is 0 Å². The molecule has 0 bridgehead atoms. The Bertz CT molecular complexity index is 349. The Kier molecular flexibility index (Phi) is 4.43. The standard InChI is InChI=1S/C15H24N2/c1-3-14(12-16-2)17-11-7-6-9-13-8-4-5-10-15(13)17/h4-5,8,10,14,16H,3,6-7,9,11-12H2,1-2H3. The molecule has 2 nitrogen and oxygen atoms in total. The van der Waals surface area contributed by atoms with Gasteiger partial charge in [-0.15, -0.1) is 0 Å². The molecule has 0 fully saturated rings. The summed E-state index contributed by atoms with van der Waals surface area (Å²) >= 11 is 0. The van der Waals surface area contributed by atoms with Crippen molar-refractivity contribution in [1.82, 2.24) is 5.32 Å². The van der Waals surface area contributed by atoms with Crippen LogP contribution in [0.25, 0.3) is 0 Å². The van der Waals surface area contributed by atoms with E-state index in [4.69, 9.17) is 0 Å².